The number of nitrogens with zero attached hydrogens (tertiary/aromatic N) is 2. The van der Waals surface area contributed by atoms with Crippen molar-refractivity contribution >= 4 is 11.6 Å². The summed E-state index contributed by atoms with van der Waals surface area (Å²) in [5.41, 5.74) is 0.720. The zero-order valence-corrected chi connectivity index (χ0v) is 18.7. The molecular weight excluding hydrogens is 433 g/mol. The number of ether oxygens (including phenoxy) is 2. The standard InChI is InChI=1S/C25H29F3N2O3/c1-29(18-19-5-7-22(8-6-19)30-11-15-33-16-12-30)23(31)24(9-13-32-14-10-24)20-3-2-4-21(17-20)25(26,27)28/h2-8,17H,9-16,18H2,1H3. The lowest BCUT2D eigenvalue weighted by Crippen LogP contribution is -2.48. The first-order valence-corrected chi connectivity index (χ1v) is 11.2. The first-order chi connectivity index (χ1) is 15.8. The van der Waals surface area contributed by atoms with Gasteiger partial charge in [0.15, 0.2) is 0 Å². The highest BCUT2D eigenvalue weighted by Crippen LogP contribution is 2.39. The number of hydrogen-bond acceptors (Lipinski definition) is 4. The number of hydrogen-bond donors (Lipinski definition) is 0. The molecule has 8 heteroatoms. The number of likely N-dealkylation sites (N-methyl/N-ethyl adjacent to an activating group) is 1. The average Bonchev–Trinajstić information content (AvgIpc) is 2.84. The third-order valence-electron chi connectivity index (χ3n) is 6.58. The summed E-state index contributed by atoms with van der Waals surface area (Å²) in [6, 6.07) is 13.2. The van der Waals surface area contributed by atoms with Crippen LogP contribution in [0.1, 0.15) is 29.5 Å². The topological polar surface area (TPSA) is 42.0 Å². The lowest BCUT2D eigenvalue weighted by molar-refractivity contribution is -0.141. The second-order valence-electron chi connectivity index (χ2n) is 8.70. The van der Waals surface area contributed by atoms with E-state index in [2.05, 4.69) is 4.90 Å². The van der Waals surface area contributed by atoms with Crippen LogP contribution in [0.25, 0.3) is 0 Å². The van der Waals surface area contributed by atoms with Gasteiger partial charge in [-0.15, -0.1) is 0 Å². The van der Waals surface area contributed by atoms with Crippen LogP contribution in [0, 0.1) is 0 Å². The second-order valence-corrected chi connectivity index (χ2v) is 8.70. The first kappa shape index (κ1) is 23.6. The molecule has 178 valence electrons. The fraction of sp³-hybridized carbons (Fsp3) is 0.480. The molecule has 1 amide bonds. The van der Waals surface area contributed by atoms with Crippen molar-refractivity contribution in [1.82, 2.24) is 4.90 Å². The Morgan fingerprint density at radius 1 is 1.00 bits per heavy atom. The molecule has 0 radical (unpaired) electrons. The van der Waals surface area contributed by atoms with E-state index >= 15 is 0 Å². The highest BCUT2D eigenvalue weighted by molar-refractivity contribution is 5.88. The molecule has 2 aliphatic rings. The molecule has 0 aromatic heterocycles. The molecule has 2 fully saturated rings. The Hall–Kier alpha value is -2.58. The Labute approximate surface area is 192 Å². The molecule has 0 saturated carbocycles. The predicted molar refractivity (Wildman–Crippen MR) is 119 cm³/mol. The van der Waals surface area contributed by atoms with Gasteiger partial charge < -0.3 is 19.3 Å². The smallest absolute Gasteiger partial charge is 0.381 e. The number of morpholine rings is 1. The lowest BCUT2D eigenvalue weighted by Gasteiger charge is -2.39. The van der Waals surface area contributed by atoms with Gasteiger partial charge >= 0.3 is 6.18 Å². The van der Waals surface area contributed by atoms with Crippen LogP contribution in [-0.4, -0.2) is 57.4 Å². The third-order valence-corrected chi connectivity index (χ3v) is 6.58. The molecule has 2 aromatic carbocycles. The highest BCUT2D eigenvalue weighted by Gasteiger charge is 2.44. The van der Waals surface area contributed by atoms with Crippen molar-refractivity contribution in [2.24, 2.45) is 0 Å². The largest absolute Gasteiger partial charge is 0.416 e. The number of halogens is 3. The Morgan fingerprint density at radius 3 is 2.27 bits per heavy atom. The van der Waals surface area contributed by atoms with Crippen molar-refractivity contribution < 1.29 is 27.4 Å². The van der Waals surface area contributed by atoms with Gasteiger partial charge in [-0.05, 0) is 42.2 Å². The average molecular weight is 463 g/mol. The van der Waals surface area contributed by atoms with Gasteiger partial charge in [0.2, 0.25) is 5.91 Å². The Kier molecular flexibility index (Phi) is 6.95. The van der Waals surface area contributed by atoms with Gasteiger partial charge in [-0.25, -0.2) is 0 Å². The van der Waals surface area contributed by atoms with Gasteiger partial charge in [-0.3, -0.25) is 4.79 Å². The molecule has 0 unspecified atom stereocenters. The molecule has 0 N–H and O–H groups in total. The molecule has 5 nitrogen and oxygen atoms in total. The number of anilines is 1. The maximum atomic E-state index is 13.7. The summed E-state index contributed by atoms with van der Waals surface area (Å²) in [6.45, 7) is 4.16. The molecule has 0 spiro atoms. The number of benzene rings is 2. The summed E-state index contributed by atoms with van der Waals surface area (Å²) < 4.78 is 50.9. The minimum absolute atomic E-state index is 0.178. The SMILES string of the molecule is CN(Cc1ccc(N2CCOCC2)cc1)C(=O)C1(c2cccc(C(F)(F)F)c2)CCOCC1. The van der Waals surface area contributed by atoms with Crippen LogP contribution in [0.3, 0.4) is 0 Å². The van der Waals surface area contributed by atoms with Crippen molar-refractivity contribution in [2.75, 3.05) is 51.5 Å². The fourth-order valence-corrected chi connectivity index (χ4v) is 4.68. The lowest BCUT2D eigenvalue weighted by atomic mass is 9.72. The van der Waals surface area contributed by atoms with E-state index in [9.17, 15) is 18.0 Å². The van der Waals surface area contributed by atoms with E-state index in [1.165, 1.54) is 6.07 Å². The normalized spacial score (nSPS) is 18.7. The van der Waals surface area contributed by atoms with Crippen LogP contribution in [0.2, 0.25) is 0 Å². The Bertz CT molecular complexity index is 950. The van der Waals surface area contributed by atoms with Crippen LogP contribution in [-0.2, 0) is 32.4 Å². The van der Waals surface area contributed by atoms with E-state index in [1.54, 1.807) is 18.0 Å². The van der Waals surface area contributed by atoms with E-state index in [0.29, 0.717) is 51.4 Å². The summed E-state index contributed by atoms with van der Waals surface area (Å²) in [5.74, 6) is -0.178. The minimum Gasteiger partial charge on any atom is -0.381 e. The van der Waals surface area contributed by atoms with Gasteiger partial charge in [0, 0.05) is 45.6 Å². The van der Waals surface area contributed by atoms with Gasteiger partial charge in [-0.2, -0.15) is 13.2 Å². The van der Waals surface area contributed by atoms with E-state index in [4.69, 9.17) is 9.47 Å². The van der Waals surface area contributed by atoms with Crippen LogP contribution in [0.5, 0.6) is 0 Å². The van der Waals surface area contributed by atoms with Crippen molar-refractivity contribution in [2.45, 2.75) is 31.0 Å². The van der Waals surface area contributed by atoms with Crippen molar-refractivity contribution in [3.8, 4) is 0 Å². The van der Waals surface area contributed by atoms with Gasteiger partial charge in [0.1, 0.15) is 0 Å². The van der Waals surface area contributed by atoms with Crippen molar-refractivity contribution in [3.05, 3.63) is 65.2 Å². The van der Waals surface area contributed by atoms with Crippen LogP contribution >= 0.6 is 0 Å². The first-order valence-electron chi connectivity index (χ1n) is 11.2. The summed E-state index contributed by atoms with van der Waals surface area (Å²) in [6.07, 6.45) is -3.75. The Balaban J connectivity index is 1.53. The van der Waals surface area contributed by atoms with Crippen LogP contribution in [0.15, 0.2) is 48.5 Å². The maximum Gasteiger partial charge on any atom is 0.416 e. The number of amides is 1. The molecule has 0 atom stereocenters. The second kappa shape index (κ2) is 9.73. The minimum atomic E-state index is -4.46. The third kappa shape index (κ3) is 5.17. The van der Waals surface area contributed by atoms with Crippen LogP contribution < -0.4 is 4.90 Å². The van der Waals surface area contributed by atoms with E-state index in [-0.39, 0.29) is 5.91 Å². The van der Waals surface area contributed by atoms with E-state index in [1.807, 2.05) is 24.3 Å². The molecule has 0 aliphatic carbocycles. The quantitative estimate of drug-likeness (QED) is 0.667. The number of carbonyl (C=O) groups is 1. The molecule has 2 heterocycles. The number of alkyl halides is 3. The monoisotopic (exact) mass is 462 g/mol. The number of rotatable bonds is 5. The maximum absolute atomic E-state index is 13.7. The molecule has 2 aromatic rings. The predicted octanol–water partition coefficient (Wildman–Crippen LogP) is 4.25. The zero-order chi connectivity index (χ0) is 23.5. The molecule has 0 bridgehead atoms. The molecule has 4 rings (SSSR count). The van der Waals surface area contributed by atoms with Gasteiger partial charge in [0.05, 0.1) is 24.2 Å². The van der Waals surface area contributed by atoms with E-state index in [0.717, 1.165) is 36.5 Å². The molecule has 2 saturated heterocycles. The van der Waals surface area contributed by atoms with Gasteiger partial charge in [-0.1, -0.05) is 30.3 Å². The van der Waals surface area contributed by atoms with Gasteiger partial charge in [0.25, 0.3) is 0 Å². The summed E-state index contributed by atoms with van der Waals surface area (Å²) in [4.78, 5) is 17.5. The summed E-state index contributed by atoms with van der Waals surface area (Å²) in [7, 11) is 1.71. The van der Waals surface area contributed by atoms with Crippen molar-refractivity contribution in [3.63, 3.8) is 0 Å². The molecule has 33 heavy (non-hydrogen) atoms. The highest BCUT2D eigenvalue weighted by atomic mass is 19.4. The van der Waals surface area contributed by atoms with E-state index < -0.39 is 17.2 Å². The zero-order valence-electron chi connectivity index (χ0n) is 18.7. The van der Waals surface area contributed by atoms with Crippen LogP contribution in [0.4, 0.5) is 18.9 Å². The Morgan fingerprint density at radius 2 is 1.64 bits per heavy atom. The number of carbonyl (C=O) groups excluding carboxylic acids is 1. The summed E-state index contributed by atoms with van der Waals surface area (Å²) >= 11 is 0. The molecular formula is C25H29F3N2O3. The molecule has 2 aliphatic heterocycles. The van der Waals surface area contributed by atoms with Crippen molar-refractivity contribution in [1.29, 1.82) is 0 Å². The summed E-state index contributed by atoms with van der Waals surface area (Å²) in [5, 5.41) is 0. The fourth-order valence-electron chi connectivity index (χ4n) is 4.68.